The van der Waals surface area contributed by atoms with E-state index in [9.17, 15) is 19.5 Å². The molecule has 148 valence electrons. The van der Waals surface area contributed by atoms with Crippen LogP contribution in [0.3, 0.4) is 0 Å². The summed E-state index contributed by atoms with van der Waals surface area (Å²) in [6, 6.07) is 8.09. The largest absolute Gasteiger partial charge is 0.395 e. The molecule has 28 heavy (non-hydrogen) atoms. The summed E-state index contributed by atoms with van der Waals surface area (Å²) >= 11 is 0. The number of aryl methyl sites for hydroxylation is 1. The summed E-state index contributed by atoms with van der Waals surface area (Å²) in [7, 11) is 1.36. The number of carbonyl (C=O) groups is 1. The summed E-state index contributed by atoms with van der Waals surface area (Å²) in [5, 5.41) is 12.0. The van der Waals surface area contributed by atoms with E-state index in [0.717, 1.165) is 10.1 Å². The monoisotopic (exact) mass is 385 g/mol. The second kappa shape index (κ2) is 8.22. The molecular weight excluding hydrogens is 362 g/mol. The second-order valence-electron chi connectivity index (χ2n) is 6.65. The van der Waals surface area contributed by atoms with Crippen LogP contribution in [-0.2, 0) is 31.4 Å². The molecule has 0 fully saturated rings. The van der Waals surface area contributed by atoms with Gasteiger partial charge in [0.1, 0.15) is 6.54 Å². The predicted octanol–water partition coefficient (Wildman–Crippen LogP) is -0.444. The van der Waals surface area contributed by atoms with Crippen molar-refractivity contribution >= 4 is 17.1 Å². The average Bonchev–Trinajstić information content (AvgIpc) is 3.08. The van der Waals surface area contributed by atoms with Crippen LogP contribution in [0.4, 0.5) is 0 Å². The number of nitrogens with one attached hydrogen (secondary N) is 1. The highest BCUT2D eigenvalue weighted by molar-refractivity contribution is 5.78. The Hall–Kier alpha value is -3.20. The molecule has 9 nitrogen and oxygen atoms in total. The number of nitrogens with zero attached hydrogens (tertiary/aromatic N) is 4. The molecule has 0 aliphatic heterocycles. The Bertz CT molecular complexity index is 1110. The molecule has 0 unspecified atom stereocenters. The molecule has 0 aliphatic carbocycles. The van der Waals surface area contributed by atoms with Gasteiger partial charge >= 0.3 is 5.69 Å². The van der Waals surface area contributed by atoms with Crippen LogP contribution in [0, 0.1) is 6.92 Å². The highest BCUT2D eigenvalue weighted by Gasteiger charge is 2.17. The molecule has 0 aliphatic rings. The van der Waals surface area contributed by atoms with Crippen molar-refractivity contribution in [3.8, 4) is 0 Å². The van der Waals surface area contributed by atoms with Crippen LogP contribution in [0.2, 0.25) is 0 Å². The maximum Gasteiger partial charge on any atom is 0.332 e. The lowest BCUT2D eigenvalue weighted by molar-refractivity contribution is -0.121. The zero-order valence-corrected chi connectivity index (χ0v) is 15.9. The minimum Gasteiger partial charge on any atom is -0.395 e. The minimum absolute atomic E-state index is 0.0171. The number of imidazole rings is 1. The van der Waals surface area contributed by atoms with E-state index in [2.05, 4.69) is 10.3 Å². The van der Waals surface area contributed by atoms with Gasteiger partial charge in [-0.05, 0) is 18.9 Å². The SMILES string of the molecule is Cc1ccc(CCNC(=O)Cn2cnc3c2c(=O)n(C)c(=O)n3CCO)cc1. The van der Waals surface area contributed by atoms with Gasteiger partial charge in [0, 0.05) is 13.6 Å². The van der Waals surface area contributed by atoms with Crippen molar-refractivity contribution in [1.82, 2.24) is 24.0 Å². The normalized spacial score (nSPS) is 11.1. The first-order chi connectivity index (χ1) is 13.4. The van der Waals surface area contributed by atoms with Crippen LogP contribution in [0.15, 0.2) is 40.2 Å². The molecule has 0 bridgehead atoms. The number of aromatic nitrogens is 4. The Morgan fingerprint density at radius 1 is 1.21 bits per heavy atom. The van der Waals surface area contributed by atoms with Crippen molar-refractivity contribution < 1.29 is 9.90 Å². The zero-order chi connectivity index (χ0) is 20.3. The number of carbonyl (C=O) groups excluding carboxylic acids is 1. The lowest BCUT2D eigenvalue weighted by atomic mass is 10.1. The minimum atomic E-state index is -0.556. The van der Waals surface area contributed by atoms with E-state index in [-0.39, 0.29) is 36.8 Å². The van der Waals surface area contributed by atoms with E-state index >= 15 is 0 Å². The fourth-order valence-corrected chi connectivity index (χ4v) is 3.04. The fraction of sp³-hybridized carbons (Fsp3) is 0.368. The molecule has 0 saturated carbocycles. The molecule has 1 aromatic carbocycles. The molecule has 9 heteroatoms. The molecule has 3 rings (SSSR count). The second-order valence-corrected chi connectivity index (χ2v) is 6.65. The van der Waals surface area contributed by atoms with Crippen LogP contribution in [0.5, 0.6) is 0 Å². The van der Waals surface area contributed by atoms with Gasteiger partial charge in [0.25, 0.3) is 5.56 Å². The quantitative estimate of drug-likeness (QED) is 0.573. The van der Waals surface area contributed by atoms with Gasteiger partial charge in [0.05, 0.1) is 19.5 Å². The van der Waals surface area contributed by atoms with E-state index in [1.165, 1.54) is 28.1 Å². The first-order valence-corrected chi connectivity index (χ1v) is 9.00. The van der Waals surface area contributed by atoms with E-state index < -0.39 is 11.2 Å². The Labute approximate surface area is 160 Å². The van der Waals surface area contributed by atoms with E-state index in [1.807, 2.05) is 31.2 Å². The van der Waals surface area contributed by atoms with Gasteiger partial charge in [-0.3, -0.25) is 18.7 Å². The van der Waals surface area contributed by atoms with Crippen LogP contribution in [0.1, 0.15) is 11.1 Å². The van der Waals surface area contributed by atoms with E-state index in [0.29, 0.717) is 13.0 Å². The third-order valence-corrected chi connectivity index (χ3v) is 4.59. The topological polar surface area (TPSA) is 111 Å². The smallest absolute Gasteiger partial charge is 0.332 e. The molecule has 2 aromatic heterocycles. The molecule has 2 N–H and O–H groups in total. The van der Waals surface area contributed by atoms with Gasteiger partial charge in [0.15, 0.2) is 11.2 Å². The molecule has 2 heterocycles. The summed E-state index contributed by atoms with van der Waals surface area (Å²) in [6.07, 6.45) is 2.06. The third-order valence-electron chi connectivity index (χ3n) is 4.59. The third kappa shape index (κ3) is 3.89. The molecule has 0 radical (unpaired) electrons. The first-order valence-electron chi connectivity index (χ1n) is 9.00. The number of aliphatic hydroxyl groups is 1. The Kier molecular flexibility index (Phi) is 5.74. The van der Waals surface area contributed by atoms with E-state index in [4.69, 9.17) is 0 Å². The predicted molar refractivity (Wildman–Crippen MR) is 104 cm³/mol. The molecule has 0 spiro atoms. The maximum atomic E-state index is 12.5. The van der Waals surface area contributed by atoms with E-state index in [1.54, 1.807) is 0 Å². The Balaban J connectivity index is 1.75. The van der Waals surface area contributed by atoms with Crippen molar-refractivity contribution in [1.29, 1.82) is 0 Å². The van der Waals surface area contributed by atoms with Gasteiger partial charge in [-0.1, -0.05) is 29.8 Å². The van der Waals surface area contributed by atoms with Crippen molar-refractivity contribution in [2.45, 2.75) is 26.4 Å². The van der Waals surface area contributed by atoms with Crippen LogP contribution in [0.25, 0.3) is 11.2 Å². The zero-order valence-electron chi connectivity index (χ0n) is 15.9. The standard InChI is InChI=1S/C19H23N5O4/c1-13-3-5-14(6-4-13)7-8-20-15(26)11-23-12-21-17-16(23)18(27)22(2)19(28)24(17)9-10-25/h3-6,12,25H,7-11H2,1-2H3,(H,20,26). The number of rotatable bonds is 7. The maximum absolute atomic E-state index is 12.5. The summed E-state index contributed by atoms with van der Waals surface area (Å²) in [6.45, 7) is 2.16. The molecule has 1 amide bonds. The summed E-state index contributed by atoms with van der Waals surface area (Å²) in [5.74, 6) is -0.256. The average molecular weight is 385 g/mol. The van der Waals surface area contributed by atoms with Crippen LogP contribution >= 0.6 is 0 Å². The lowest BCUT2D eigenvalue weighted by Gasteiger charge is -2.09. The van der Waals surface area contributed by atoms with Crippen molar-refractivity contribution in [2.24, 2.45) is 7.05 Å². The summed E-state index contributed by atoms with van der Waals surface area (Å²) < 4.78 is 3.60. The Morgan fingerprint density at radius 2 is 1.93 bits per heavy atom. The Morgan fingerprint density at radius 3 is 2.61 bits per heavy atom. The number of hydrogen-bond acceptors (Lipinski definition) is 5. The van der Waals surface area contributed by atoms with Crippen molar-refractivity contribution in [2.75, 3.05) is 13.2 Å². The number of hydrogen-bond donors (Lipinski definition) is 2. The van der Waals surface area contributed by atoms with Gasteiger partial charge in [-0.25, -0.2) is 9.78 Å². The fourth-order valence-electron chi connectivity index (χ4n) is 3.04. The van der Waals surface area contributed by atoms with Gasteiger partial charge in [0.2, 0.25) is 5.91 Å². The number of aliphatic hydroxyl groups excluding tert-OH is 1. The molecular formula is C19H23N5O4. The van der Waals surface area contributed by atoms with Crippen LogP contribution < -0.4 is 16.6 Å². The van der Waals surface area contributed by atoms with Crippen LogP contribution in [-0.4, -0.2) is 42.9 Å². The molecule has 0 atom stereocenters. The summed E-state index contributed by atoms with van der Waals surface area (Å²) in [5.41, 5.74) is 1.54. The van der Waals surface area contributed by atoms with Gasteiger partial charge in [-0.2, -0.15) is 0 Å². The first kappa shape index (κ1) is 19.6. The molecule has 0 saturated heterocycles. The van der Waals surface area contributed by atoms with Crippen molar-refractivity contribution in [3.63, 3.8) is 0 Å². The van der Waals surface area contributed by atoms with Gasteiger partial charge in [-0.15, -0.1) is 0 Å². The number of amides is 1. The highest BCUT2D eigenvalue weighted by atomic mass is 16.3. The summed E-state index contributed by atoms with van der Waals surface area (Å²) in [4.78, 5) is 41.1. The van der Waals surface area contributed by atoms with Crippen molar-refractivity contribution in [3.05, 3.63) is 62.6 Å². The highest BCUT2D eigenvalue weighted by Crippen LogP contribution is 2.07. The van der Waals surface area contributed by atoms with Gasteiger partial charge < -0.3 is 15.0 Å². The lowest BCUT2D eigenvalue weighted by Crippen LogP contribution is -2.39. The number of fused-ring (bicyclic) bond motifs is 1. The number of benzene rings is 1. The molecule has 3 aromatic rings.